The number of rotatable bonds is 6. The summed E-state index contributed by atoms with van der Waals surface area (Å²) in [4.78, 5) is 29.1. The minimum Gasteiger partial charge on any atom is -0.479 e. The van der Waals surface area contributed by atoms with Crippen LogP contribution in [-0.4, -0.2) is 49.0 Å². The molecule has 0 spiro atoms. The van der Waals surface area contributed by atoms with Crippen LogP contribution in [0.5, 0.6) is 5.75 Å². The summed E-state index contributed by atoms with van der Waals surface area (Å²) in [5.74, 6) is 0.279. The predicted octanol–water partition coefficient (Wildman–Crippen LogP) is 4.70. The number of ether oxygens (including phenoxy) is 1. The Morgan fingerprint density at radius 2 is 1.68 bits per heavy atom. The number of carbonyl (C=O) groups excluding carboxylic acids is 2. The Kier molecular flexibility index (Phi) is 7.68. The monoisotopic (exact) mass is 463 g/mol. The molecule has 0 bridgehead atoms. The molecule has 1 N–H and O–H groups in total. The van der Waals surface area contributed by atoms with Crippen LogP contribution in [0, 0.1) is 5.92 Å². The molecule has 8 heteroatoms. The Labute approximate surface area is 193 Å². The number of halogens is 2. The van der Waals surface area contributed by atoms with Crippen LogP contribution >= 0.6 is 23.2 Å². The van der Waals surface area contributed by atoms with E-state index in [4.69, 9.17) is 27.9 Å². The number of hydrogen-bond acceptors (Lipinski definition) is 4. The Hall–Kier alpha value is -2.44. The van der Waals surface area contributed by atoms with Gasteiger partial charge < -0.3 is 19.9 Å². The van der Waals surface area contributed by atoms with E-state index in [-0.39, 0.29) is 17.7 Å². The van der Waals surface area contributed by atoms with Gasteiger partial charge in [0.2, 0.25) is 5.91 Å². The maximum atomic E-state index is 12.8. The zero-order valence-corrected chi connectivity index (χ0v) is 19.4. The molecule has 0 aliphatic carbocycles. The minimum atomic E-state index is -0.757. The molecule has 1 aliphatic rings. The van der Waals surface area contributed by atoms with Gasteiger partial charge in [0.25, 0.3) is 5.91 Å². The van der Waals surface area contributed by atoms with Gasteiger partial charge in [0, 0.05) is 37.1 Å². The van der Waals surface area contributed by atoms with Gasteiger partial charge in [0.1, 0.15) is 5.75 Å². The fraction of sp³-hybridized carbons (Fsp3) is 0.391. The third-order valence-electron chi connectivity index (χ3n) is 5.15. The van der Waals surface area contributed by atoms with Crippen molar-refractivity contribution < 1.29 is 14.3 Å². The maximum absolute atomic E-state index is 12.8. The van der Waals surface area contributed by atoms with Crippen molar-refractivity contribution in [3.05, 3.63) is 52.5 Å². The van der Waals surface area contributed by atoms with Gasteiger partial charge in [-0.3, -0.25) is 9.59 Å². The topological polar surface area (TPSA) is 61.9 Å². The standard InChI is InChI=1S/C23H27Cl2N3O3/c1-15(2)23(30)28-12-10-27(11-13-28)20-7-5-4-6-19(20)26-22(29)16(3)31-21-9-8-17(24)14-18(21)25/h4-9,14-16H,10-13H2,1-3H3,(H,26,29). The molecule has 1 fully saturated rings. The number of para-hydroxylation sites is 2. The second-order valence-electron chi connectivity index (χ2n) is 7.81. The Balaban J connectivity index is 1.65. The molecular weight excluding hydrogens is 437 g/mol. The van der Waals surface area contributed by atoms with Crippen molar-refractivity contribution in [1.82, 2.24) is 4.90 Å². The van der Waals surface area contributed by atoms with Gasteiger partial charge in [0.15, 0.2) is 6.10 Å². The highest BCUT2D eigenvalue weighted by atomic mass is 35.5. The Morgan fingerprint density at radius 1 is 1.00 bits per heavy atom. The van der Waals surface area contributed by atoms with E-state index < -0.39 is 6.10 Å². The van der Waals surface area contributed by atoms with Gasteiger partial charge in [0.05, 0.1) is 16.4 Å². The predicted molar refractivity (Wildman–Crippen MR) is 125 cm³/mol. The molecule has 0 aromatic heterocycles. The van der Waals surface area contributed by atoms with Gasteiger partial charge in [-0.25, -0.2) is 0 Å². The summed E-state index contributed by atoms with van der Waals surface area (Å²) < 4.78 is 5.72. The van der Waals surface area contributed by atoms with E-state index in [2.05, 4.69) is 10.2 Å². The number of amides is 2. The van der Waals surface area contributed by atoms with Crippen LogP contribution in [0.4, 0.5) is 11.4 Å². The Morgan fingerprint density at radius 3 is 2.32 bits per heavy atom. The van der Waals surface area contributed by atoms with E-state index in [0.29, 0.717) is 47.7 Å². The number of carbonyl (C=O) groups is 2. The van der Waals surface area contributed by atoms with Crippen molar-refractivity contribution in [3.8, 4) is 5.75 Å². The van der Waals surface area contributed by atoms with Crippen LogP contribution in [0.1, 0.15) is 20.8 Å². The van der Waals surface area contributed by atoms with Crippen molar-refractivity contribution in [2.75, 3.05) is 36.4 Å². The average Bonchev–Trinajstić information content (AvgIpc) is 2.75. The summed E-state index contributed by atoms with van der Waals surface area (Å²) in [5.41, 5.74) is 1.62. The molecule has 1 heterocycles. The van der Waals surface area contributed by atoms with Crippen LogP contribution in [0.25, 0.3) is 0 Å². The van der Waals surface area contributed by atoms with Gasteiger partial charge in [-0.1, -0.05) is 49.2 Å². The fourth-order valence-electron chi connectivity index (χ4n) is 3.44. The normalized spacial score (nSPS) is 15.0. The lowest BCUT2D eigenvalue weighted by Crippen LogP contribution is -2.50. The van der Waals surface area contributed by atoms with Crippen LogP contribution in [-0.2, 0) is 9.59 Å². The molecule has 31 heavy (non-hydrogen) atoms. The average molecular weight is 464 g/mol. The van der Waals surface area contributed by atoms with Gasteiger partial charge in [-0.05, 0) is 37.3 Å². The van der Waals surface area contributed by atoms with E-state index in [1.807, 2.05) is 43.0 Å². The molecule has 2 aromatic rings. The molecule has 1 aliphatic heterocycles. The van der Waals surface area contributed by atoms with Crippen molar-refractivity contribution in [3.63, 3.8) is 0 Å². The first-order valence-electron chi connectivity index (χ1n) is 10.3. The lowest BCUT2D eigenvalue weighted by atomic mass is 10.1. The third-order valence-corrected chi connectivity index (χ3v) is 5.69. The quantitative estimate of drug-likeness (QED) is 0.673. The Bertz CT molecular complexity index is 943. The van der Waals surface area contributed by atoms with Crippen LogP contribution in [0.3, 0.4) is 0 Å². The highest BCUT2D eigenvalue weighted by molar-refractivity contribution is 6.35. The van der Waals surface area contributed by atoms with Crippen molar-refractivity contribution >= 4 is 46.4 Å². The second-order valence-corrected chi connectivity index (χ2v) is 8.65. The number of benzene rings is 2. The largest absolute Gasteiger partial charge is 0.479 e. The van der Waals surface area contributed by atoms with E-state index >= 15 is 0 Å². The fourth-order valence-corrected chi connectivity index (χ4v) is 3.89. The van der Waals surface area contributed by atoms with Crippen LogP contribution in [0.2, 0.25) is 10.0 Å². The van der Waals surface area contributed by atoms with E-state index in [1.165, 1.54) is 0 Å². The molecule has 0 radical (unpaired) electrons. The number of piperazine rings is 1. The second kappa shape index (κ2) is 10.2. The summed E-state index contributed by atoms with van der Waals surface area (Å²) in [7, 11) is 0. The third kappa shape index (κ3) is 5.83. The first kappa shape index (κ1) is 23.2. The summed E-state index contributed by atoms with van der Waals surface area (Å²) in [6, 6.07) is 12.5. The molecule has 166 valence electrons. The highest BCUT2D eigenvalue weighted by Crippen LogP contribution is 2.30. The van der Waals surface area contributed by atoms with Crippen LogP contribution < -0.4 is 15.0 Å². The van der Waals surface area contributed by atoms with E-state index in [1.54, 1.807) is 25.1 Å². The summed E-state index contributed by atoms with van der Waals surface area (Å²) in [5, 5.41) is 3.80. The van der Waals surface area contributed by atoms with Crippen molar-refractivity contribution in [1.29, 1.82) is 0 Å². The molecule has 1 atom stereocenters. The van der Waals surface area contributed by atoms with E-state index in [0.717, 1.165) is 5.69 Å². The van der Waals surface area contributed by atoms with Crippen molar-refractivity contribution in [2.24, 2.45) is 5.92 Å². The lowest BCUT2D eigenvalue weighted by molar-refractivity contribution is -0.134. The zero-order chi connectivity index (χ0) is 22.5. The van der Waals surface area contributed by atoms with Crippen LogP contribution in [0.15, 0.2) is 42.5 Å². The van der Waals surface area contributed by atoms with Gasteiger partial charge in [-0.2, -0.15) is 0 Å². The first-order valence-corrected chi connectivity index (χ1v) is 11.1. The summed E-state index contributed by atoms with van der Waals surface area (Å²) in [6.07, 6.45) is -0.757. The minimum absolute atomic E-state index is 0.00578. The van der Waals surface area contributed by atoms with Gasteiger partial charge >= 0.3 is 0 Å². The molecular formula is C23H27Cl2N3O3. The molecule has 1 saturated heterocycles. The molecule has 2 aromatic carbocycles. The molecule has 2 amide bonds. The zero-order valence-electron chi connectivity index (χ0n) is 17.9. The smallest absolute Gasteiger partial charge is 0.265 e. The summed E-state index contributed by atoms with van der Waals surface area (Å²) >= 11 is 12.1. The molecule has 6 nitrogen and oxygen atoms in total. The number of nitrogens with zero attached hydrogens (tertiary/aromatic N) is 2. The van der Waals surface area contributed by atoms with Gasteiger partial charge in [-0.15, -0.1) is 0 Å². The molecule has 1 unspecified atom stereocenters. The van der Waals surface area contributed by atoms with E-state index in [9.17, 15) is 9.59 Å². The summed E-state index contributed by atoms with van der Waals surface area (Å²) in [6.45, 7) is 8.23. The number of nitrogens with one attached hydrogen (secondary N) is 1. The molecule has 0 saturated carbocycles. The highest BCUT2D eigenvalue weighted by Gasteiger charge is 2.25. The van der Waals surface area contributed by atoms with Crippen molar-refractivity contribution in [2.45, 2.75) is 26.9 Å². The number of anilines is 2. The lowest BCUT2D eigenvalue weighted by Gasteiger charge is -2.37. The maximum Gasteiger partial charge on any atom is 0.265 e. The number of hydrogen-bond donors (Lipinski definition) is 1. The molecule has 3 rings (SSSR count). The first-order chi connectivity index (χ1) is 14.8. The SMILES string of the molecule is CC(C)C(=O)N1CCN(c2ccccc2NC(=O)C(C)Oc2ccc(Cl)cc2Cl)CC1.